The number of hydrogen-bond donors (Lipinski definition) is 2. The normalized spacial score (nSPS) is 14.1. The summed E-state index contributed by atoms with van der Waals surface area (Å²) in [5, 5.41) is 14.0. The van der Waals surface area contributed by atoms with Crippen LogP contribution in [0.15, 0.2) is 12.2 Å². The number of hydrogen-bond acceptors (Lipinski definition) is 6. The number of carbonyl (C=O) groups excluding carboxylic acids is 1. The van der Waals surface area contributed by atoms with Crippen LogP contribution in [0.2, 0.25) is 0 Å². The van der Waals surface area contributed by atoms with Crippen LogP contribution in [-0.4, -0.2) is 68.5 Å². The molecule has 0 spiro atoms. The summed E-state index contributed by atoms with van der Waals surface area (Å²) in [6.07, 6.45) is 53.8. The SMILES string of the molecule is CCCCCCCCCCCCCC/C=C\CCCCCCCCCCCCC(=O)NC(COP(=O)([O-])OCC[N+](C)(C)C)C(O)CCCCCCCCCCCCCCCC. The van der Waals surface area contributed by atoms with Crippen LogP contribution in [0, 0.1) is 0 Å². The third-order valence-electron chi connectivity index (χ3n) is 12.5. The summed E-state index contributed by atoms with van der Waals surface area (Å²) < 4.78 is 23.4. The second-order valence-corrected chi connectivity index (χ2v) is 21.4. The van der Waals surface area contributed by atoms with E-state index in [-0.39, 0.29) is 19.1 Å². The van der Waals surface area contributed by atoms with Crippen molar-refractivity contribution < 1.29 is 32.9 Å². The molecule has 0 rings (SSSR count). The fourth-order valence-corrected chi connectivity index (χ4v) is 8.94. The van der Waals surface area contributed by atoms with Gasteiger partial charge in [-0.1, -0.05) is 238 Å². The van der Waals surface area contributed by atoms with Gasteiger partial charge in [-0.3, -0.25) is 9.36 Å². The number of amides is 1. The highest BCUT2D eigenvalue weighted by molar-refractivity contribution is 7.45. The molecule has 0 aromatic rings. The molecule has 3 unspecified atom stereocenters. The summed E-state index contributed by atoms with van der Waals surface area (Å²) in [6.45, 7) is 4.75. The lowest BCUT2D eigenvalue weighted by Crippen LogP contribution is -2.46. The van der Waals surface area contributed by atoms with E-state index >= 15 is 0 Å². The highest BCUT2D eigenvalue weighted by atomic mass is 31.2. The van der Waals surface area contributed by atoms with E-state index in [0.29, 0.717) is 23.9 Å². The Morgan fingerprint density at radius 1 is 0.548 bits per heavy atom. The Morgan fingerprint density at radius 3 is 1.26 bits per heavy atom. The van der Waals surface area contributed by atoms with Gasteiger partial charge in [0, 0.05) is 6.42 Å². The van der Waals surface area contributed by atoms with Gasteiger partial charge in [-0.25, -0.2) is 0 Å². The average molecular weight is 899 g/mol. The van der Waals surface area contributed by atoms with Crippen LogP contribution in [0.4, 0.5) is 0 Å². The molecule has 0 heterocycles. The van der Waals surface area contributed by atoms with E-state index in [4.69, 9.17) is 9.05 Å². The minimum atomic E-state index is -4.56. The van der Waals surface area contributed by atoms with Gasteiger partial charge in [0.05, 0.1) is 39.9 Å². The van der Waals surface area contributed by atoms with Crippen molar-refractivity contribution in [3.8, 4) is 0 Å². The molecule has 370 valence electrons. The molecule has 2 N–H and O–H groups in total. The lowest BCUT2D eigenvalue weighted by molar-refractivity contribution is -0.870. The molecule has 0 aliphatic heterocycles. The Kier molecular flexibility index (Phi) is 44.8. The Balaban J connectivity index is 4.12. The molecular weight excluding hydrogens is 792 g/mol. The Hall–Kier alpha value is -0.760. The molecule has 62 heavy (non-hydrogen) atoms. The summed E-state index contributed by atoms with van der Waals surface area (Å²) in [7, 11) is 1.31. The van der Waals surface area contributed by atoms with Gasteiger partial charge in [0.25, 0.3) is 7.82 Å². The second kappa shape index (κ2) is 45.4. The Morgan fingerprint density at radius 2 is 0.887 bits per heavy atom. The minimum Gasteiger partial charge on any atom is -0.756 e. The lowest BCUT2D eigenvalue weighted by atomic mass is 10.0. The van der Waals surface area contributed by atoms with Crippen molar-refractivity contribution in [1.82, 2.24) is 5.32 Å². The van der Waals surface area contributed by atoms with E-state index in [1.54, 1.807) is 0 Å². The number of carbonyl (C=O) groups is 1. The van der Waals surface area contributed by atoms with Crippen LogP contribution in [0.25, 0.3) is 0 Å². The van der Waals surface area contributed by atoms with E-state index in [2.05, 4.69) is 31.3 Å². The van der Waals surface area contributed by atoms with Gasteiger partial charge in [0.15, 0.2) is 0 Å². The first-order valence-electron chi connectivity index (χ1n) is 27.0. The quantitative estimate of drug-likeness (QED) is 0.0272. The molecule has 0 bridgehead atoms. The van der Waals surface area contributed by atoms with E-state index in [1.807, 2.05) is 21.1 Å². The fraction of sp³-hybridized carbons (Fsp3) is 0.943. The van der Waals surface area contributed by atoms with E-state index < -0.39 is 20.0 Å². The Bertz CT molecular complexity index is 1020. The minimum absolute atomic E-state index is 0.0142. The van der Waals surface area contributed by atoms with Crippen molar-refractivity contribution in [2.45, 2.75) is 283 Å². The maximum absolute atomic E-state index is 12.9. The van der Waals surface area contributed by atoms with E-state index in [1.165, 1.54) is 205 Å². The molecular formula is C53H107N2O6P. The number of likely N-dealkylation sites (N-methyl/N-ethyl adjacent to an activating group) is 1. The number of nitrogens with one attached hydrogen (secondary N) is 1. The van der Waals surface area contributed by atoms with Crippen LogP contribution in [0.3, 0.4) is 0 Å². The van der Waals surface area contributed by atoms with Crippen LogP contribution >= 0.6 is 7.82 Å². The van der Waals surface area contributed by atoms with Gasteiger partial charge in [0.1, 0.15) is 13.2 Å². The molecule has 1 amide bonds. The van der Waals surface area contributed by atoms with Crippen LogP contribution in [0.5, 0.6) is 0 Å². The van der Waals surface area contributed by atoms with Crippen molar-refractivity contribution in [3.05, 3.63) is 12.2 Å². The Labute approximate surface area is 386 Å². The molecule has 0 saturated carbocycles. The van der Waals surface area contributed by atoms with Gasteiger partial charge < -0.3 is 28.8 Å². The van der Waals surface area contributed by atoms with Crippen LogP contribution in [-0.2, 0) is 18.4 Å². The maximum atomic E-state index is 12.9. The average Bonchev–Trinajstić information content (AvgIpc) is 3.23. The summed E-state index contributed by atoms with van der Waals surface area (Å²) in [6, 6.07) is -0.797. The number of nitrogens with zero attached hydrogens (tertiary/aromatic N) is 1. The first-order valence-corrected chi connectivity index (χ1v) is 28.5. The largest absolute Gasteiger partial charge is 0.756 e. The number of unbranched alkanes of at least 4 members (excludes halogenated alkanes) is 35. The molecule has 0 aliphatic rings. The predicted molar refractivity (Wildman–Crippen MR) is 266 cm³/mol. The predicted octanol–water partition coefficient (Wildman–Crippen LogP) is 15.2. The molecule has 8 nitrogen and oxygen atoms in total. The summed E-state index contributed by atoms with van der Waals surface area (Å²) in [4.78, 5) is 25.4. The number of phosphoric ester groups is 1. The van der Waals surface area contributed by atoms with Gasteiger partial charge >= 0.3 is 0 Å². The molecule has 0 saturated heterocycles. The van der Waals surface area contributed by atoms with Gasteiger partial charge in [-0.2, -0.15) is 0 Å². The van der Waals surface area contributed by atoms with Crippen molar-refractivity contribution in [1.29, 1.82) is 0 Å². The summed E-state index contributed by atoms with van der Waals surface area (Å²) in [5.74, 6) is -0.163. The summed E-state index contributed by atoms with van der Waals surface area (Å²) >= 11 is 0. The number of allylic oxidation sites excluding steroid dienone is 2. The third kappa shape index (κ3) is 47.2. The summed E-state index contributed by atoms with van der Waals surface area (Å²) in [5.41, 5.74) is 0. The third-order valence-corrected chi connectivity index (χ3v) is 13.5. The van der Waals surface area contributed by atoms with Crippen molar-refractivity contribution in [2.24, 2.45) is 0 Å². The number of quaternary nitrogens is 1. The monoisotopic (exact) mass is 899 g/mol. The molecule has 0 aliphatic carbocycles. The zero-order valence-electron chi connectivity index (χ0n) is 42.1. The molecule has 0 aromatic heterocycles. The number of aliphatic hydroxyl groups is 1. The van der Waals surface area contributed by atoms with Gasteiger partial charge in [-0.15, -0.1) is 0 Å². The van der Waals surface area contributed by atoms with E-state index in [9.17, 15) is 19.4 Å². The highest BCUT2D eigenvalue weighted by Crippen LogP contribution is 2.38. The first-order chi connectivity index (χ1) is 30.0. The molecule has 9 heteroatoms. The smallest absolute Gasteiger partial charge is 0.268 e. The fourth-order valence-electron chi connectivity index (χ4n) is 8.21. The van der Waals surface area contributed by atoms with Crippen molar-refractivity contribution in [3.63, 3.8) is 0 Å². The lowest BCUT2D eigenvalue weighted by Gasteiger charge is -2.30. The zero-order valence-corrected chi connectivity index (χ0v) is 43.0. The molecule has 0 aromatic carbocycles. The van der Waals surface area contributed by atoms with Gasteiger partial charge in [0.2, 0.25) is 5.91 Å². The van der Waals surface area contributed by atoms with Crippen LogP contribution in [0.1, 0.15) is 271 Å². The van der Waals surface area contributed by atoms with Gasteiger partial charge in [-0.05, 0) is 38.5 Å². The number of aliphatic hydroxyl groups excluding tert-OH is 1. The molecule has 0 radical (unpaired) electrons. The van der Waals surface area contributed by atoms with Crippen molar-refractivity contribution >= 4 is 13.7 Å². The van der Waals surface area contributed by atoms with E-state index in [0.717, 1.165) is 38.5 Å². The van der Waals surface area contributed by atoms with Crippen LogP contribution < -0.4 is 10.2 Å². The number of rotatable bonds is 50. The topological polar surface area (TPSA) is 108 Å². The molecule has 3 atom stereocenters. The number of phosphoric acid groups is 1. The standard InChI is InChI=1S/C53H107N2O6P/c1-6-8-10-12-14-16-18-20-22-23-24-25-26-27-28-29-30-31-32-33-35-37-39-41-43-45-47-53(57)54-51(50-61-62(58,59)60-49-48-55(3,4)5)52(56)46-44-42-40-38-36-34-21-19-17-15-13-11-9-7-2/h27-28,51-52,56H,6-26,29-50H2,1-5H3,(H-,54,57,58,59)/b28-27-. The van der Waals surface area contributed by atoms with Crippen molar-refractivity contribution in [2.75, 3.05) is 40.9 Å². The maximum Gasteiger partial charge on any atom is 0.268 e. The highest BCUT2D eigenvalue weighted by Gasteiger charge is 2.24. The second-order valence-electron chi connectivity index (χ2n) is 19.9. The zero-order chi connectivity index (χ0) is 45.7. The molecule has 0 fully saturated rings. The first kappa shape index (κ1) is 61.2.